The smallest absolute Gasteiger partial charge is 0.147 e. The van der Waals surface area contributed by atoms with Crippen LogP contribution in [0.1, 0.15) is 26.6 Å². The van der Waals surface area contributed by atoms with Crippen LogP contribution in [0, 0.1) is 0 Å². The topological polar surface area (TPSA) is 46.0 Å². The lowest BCUT2D eigenvalue weighted by Crippen LogP contribution is -2.49. The van der Waals surface area contributed by atoms with Gasteiger partial charge in [-0.15, -0.1) is 10.2 Å². The first-order valence-electron chi connectivity index (χ1n) is 6.06. The molecule has 2 unspecified atom stereocenters. The maximum absolute atomic E-state index is 4.15. The summed E-state index contributed by atoms with van der Waals surface area (Å²) in [5.74, 6) is 1.08. The van der Waals surface area contributed by atoms with Gasteiger partial charge in [-0.3, -0.25) is 4.90 Å². The zero-order valence-electron chi connectivity index (χ0n) is 10.3. The highest BCUT2D eigenvalue weighted by Gasteiger charge is 2.24. The number of likely N-dealkylation sites (N-methyl/N-ethyl adjacent to an activating group) is 1. The largest absolute Gasteiger partial charge is 0.315 e. The van der Waals surface area contributed by atoms with Crippen LogP contribution < -0.4 is 5.32 Å². The molecular weight excluding hydrogens is 202 g/mol. The number of hydrogen-bond acceptors (Lipinski definition) is 4. The van der Waals surface area contributed by atoms with Crippen LogP contribution in [0.2, 0.25) is 0 Å². The van der Waals surface area contributed by atoms with E-state index in [1.807, 2.05) is 6.33 Å². The Labute approximate surface area is 96.8 Å². The average molecular weight is 223 g/mol. The molecule has 1 aromatic rings. The van der Waals surface area contributed by atoms with Crippen molar-refractivity contribution >= 4 is 0 Å². The lowest BCUT2D eigenvalue weighted by atomic mass is 10.1. The second kappa shape index (κ2) is 4.93. The van der Waals surface area contributed by atoms with Crippen LogP contribution in [-0.4, -0.2) is 44.8 Å². The van der Waals surface area contributed by atoms with Gasteiger partial charge in [0.1, 0.15) is 12.2 Å². The van der Waals surface area contributed by atoms with Gasteiger partial charge in [-0.05, 0) is 20.4 Å². The molecule has 2 rings (SSSR count). The van der Waals surface area contributed by atoms with Crippen LogP contribution in [-0.2, 0) is 13.1 Å². The Morgan fingerprint density at radius 3 is 3.00 bits per heavy atom. The minimum atomic E-state index is 0.513. The molecule has 2 atom stereocenters. The van der Waals surface area contributed by atoms with Gasteiger partial charge in [0.05, 0.1) is 6.54 Å². The summed E-state index contributed by atoms with van der Waals surface area (Å²) in [6.45, 7) is 10.7. The Balaban J connectivity index is 1.97. The Morgan fingerprint density at radius 1 is 1.44 bits per heavy atom. The molecule has 0 spiro atoms. The second-order valence-corrected chi connectivity index (χ2v) is 4.50. The molecule has 0 bridgehead atoms. The molecule has 5 nitrogen and oxygen atoms in total. The molecule has 0 amide bonds. The maximum atomic E-state index is 4.15. The van der Waals surface area contributed by atoms with E-state index in [1.165, 1.54) is 0 Å². The number of nitrogens with one attached hydrogen (secondary N) is 1. The fraction of sp³-hybridized carbons (Fsp3) is 0.818. The third-order valence-corrected chi connectivity index (χ3v) is 3.49. The summed E-state index contributed by atoms with van der Waals surface area (Å²) >= 11 is 0. The number of aromatic nitrogens is 3. The molecule has 1 aliphatic rings. The highest BCUT2D eigenvalue weighted by molar-refractivity contribution is 4.92. The molecule has 2 heterocycles. The van der Waals surface area contributed by atoms with Gasteiger partial charge in [0.15, 0.2) is 0 Å². The Hall–Kier alpha value is -0.940. The number of fused-ring (bicyclic) bond motifs is 1. The Bertz CT molecular complexity index is 335. The molecule has 0 fully saturated rings. The maximum Gasteiger partial charge on any atom is 0.147 e. The number of hydrogen-bond donors (Lipinski definition) is 1. The van der Waals surface area contributed by atoms with Crippen LogP contribution in [0.15, 0.2) is 6.33 Å². The first kappa shape index (κ1) is 11.5. The zero-order valence-corrected chi connectivity index (χ0v) is 10.3. The highest BCUT2D eigenvalue weighted by Crippen LogP contribution is 2.14. The van der Waals surface area contributed by atoms with Crippen molar-refractivity contribution in [3.63, 3.8) is 0 Å². The fourth-order valence-electron chi connectivity index (χ4n) is 2.24. The Kier molecular flexibility index (Phi) is 3.56. The van der Waals surface area contributed by atoms with Crippen molar-refractivity contribution in [3.05, 3.63) is 12.2 Å². The van der Waals surface area contributed by atoms with Gasteiger partial charge in [-0.1, -0.05) is 6.92 Å². The van der Waals surface area contributed by atoms with Crippen molar-refractivity contribution in [2.45, 2.75) is 45.9 Å². The highest BCUT2D eigenvalue weighted by atomic mass is 15.3. The minimum Gasteiger partial charge on any atom is -0.315 e. The van der Waals surface area contributed by atoms with Crippen molar-refractivity contribution in [1.29, 1.82) is 0 Å². The quantitative estimate of drug-likeness (QED) is 0.806. The summed E-state index contributed by atoms with van der Waals surface area (Å²) in [4.78, 5) is 2.47. The van der Waals surface area contributed by atoms with E-state index in [-0.39, 0.29) is 0 Å². The molecular formula is C11H21N5. The summed E-state index contributed by atoms with van der Waals surface area (Å²) in [7, 11) is 0. The normalized spacial score (nSPS) is 20.4. The molecule has 0 saturated heterocycles. The van der Waals surface area contributed by atoms with Gasteiger partial charge in [0.2, 0.25) is 0 Å². The average Bonchev–Trinajstić information content (AvgIpc) is 2.75. The third-order valence-electron chi connectivity index (χ3n) is 3.49. The van der Waals surface area contributed by atoms with Crippen LogP contribution in [0.4, 0.5) is 0 Å². The van der Waals surface area contributed by atoms with Crippen molar-refractivity contribution in [2.75, 3.05) is 13.1 Å². The van der Waals surface area contributed by atoms with E-state index in [2.05, 4.69) is 45.8 Å². The van der Waals surface area contributed by atoms with E-state index in [1.54, 1.807) is 0 Å². The molecule has 0 radical (unpaired) electrons. The fourth-order valence-corrected chi connectivity index (χ4v) is 2.24. The molecule has 1 aliphatic heterocycles. The molecule has 90 valence electrons. The van der Waals surface area contributed by atoms with Crippen LogP contribution in [0.25, 0.3) is 0 Å². The van der Waals surface area contributed by atoms with Crippen LogP contribution in [0.5, 0.6) is 0 Å². The van der Waals surface area contributed by atoms with Gasteiger partial charge >= 0.3 is 0 Å². The van der Waals surface area contributed by atoms with E-state index in [0.29, 0.717) is 12.1 Å². The summed E-state index contributed by atoms with van der Waals surface area (Å²) in [5.41, 5.74) is 0. The summed E-state index contributed by atoms with van der Waals surface area (Å²) < 4.78 is 2.14. The monoisotopic (exact) mass is 223 g/mol. The van der Waals surface area contributed by atoms with Gasteiger partial charge in [-0.2, -0.15) is 0 Å². The predicted octanol–water partition coefficient (Wildman–Crippen LogP) is 0.480. The van der Waals surface area contributed by atoms with Gasteiger partial charge in [-0.25, -0.2) is 0 Å². The number of nitrogens with zero attached hydrogens (tertiary/aromatic N) is 4. The standard InChI is InChI=1S/C11H21N5/c1-4-12-9(2)10(3)15-5-6-16-8-13-14-11(16)7-15/h8-10,12H,4-7H2,1-3H3. The van der Waals surface area contributed by atoms with E-state index < -0.39 is 0 Å². The van der Waals surface area contributed by atoms with E-state index >= 15 is 0 Å². The van der Waals surface area contributed by atoms with E-state index in [9.17, 15) is 0 Å². The molecule has 5 heteroatoms. The molecule has 1 aromatic heterocycles. The van der Waals surface area contributed by atoms with Crippen LogP contribution >= 0.6 is 0 Å². The van der Waals surface area contributed by atoms with Crippen molar-refractivity contribution < 1.29 is 0 Å². The first-order valence-corrected chi connectivity index (χ1v) is 6.06. The lowest BCUT2D eigenvalue weighted by Gasteiger charge is -2.35. The van der Waals surface area contributed by atoms with Gasteiger partial charge < -0.3 is 9.88 Å². The van der Waals surface area contributed by atoms with Crippen molar-refractivity contribution in [1.82, 2.24) is 25.0 Å². The summed E-state index contributed by atoms with van der Waals surface area (Å²) in [6.07, 6.45) is 1.82. The number of rotatable bonds is 4. The Morgan fingerprint density at radius 2 is 2.25 bits per heavy atom. The molecule has 0 aromatic carbocycles. The summed E-state index contributed by atoms with van der Waals surface area (Å²) in [6, 6.07) is 1.05. The van der Waals surface area contributed by atoms with Crippen molar-refractivity contribution in [2.24, 2.45) is 0 Å². The third kappa shape index (κ3) is 2.25. The van der Waals surface area contributed by atoms with Crippen molar-refractivity contribution in [3.8, 4) is 0 Å². The minimum absolute atomic E-state index is 0.513. The van der Waals surface area contributed by atoms with Gasteiger partial charge in [0.25, 0.3) is 0 Å². The zero-order chi connectivity index (χ0) is 11.5. The molecule has 0 saturated carbocycles. The lowest BCUT2D eigenvalue weighted by molar-refractivity contribution is 0.137. The SMILES string of the molecule is CCNC(C)C(C)N1CCn2cnnc2C1. The van der Waals surface area contributed by atoms with Gasteiger partial charge in [0, 0.05) is 25.2 Å². The summed E-state index contributed by atoms with van der Waals surface area (Å²) in [5, 5.41) is 11.6. The van der Waals surface area contributed by atoms with E-state index in [4.69, 9.17) is 0 Å². The second-order valence-electron chi connectivity index (χ2n) is 4.50. The van der Waals surface area contributed by atoms with Crippen LogP contribution in [0.3, 0.4) is 0 Å². The van der Waals surface area contributed by atoms with E-state index in [0.717, 1.165) is 32.0 Å². The molecule has 0 aliphatic carbocycles. The first-order chi connectivity index (χ1) is 7.72. The predicted molar refractivity (Wildman–Crippen MR) is 63.0 cm³/mol. The molecule has 16 heavy (non-hydrogen) atoms. The molecule has 1 N–H and O–H groups in total.